The number of nitrogens with zero attached hydrogens (tertiary/aromatic N) is 5. The van der Waals surface area contributed by atoms with Crippen molar-refractivity contribution < 1.29 is 23.7 Å². The number of hydrogen-bond acceptors (Lipinski definition) is 7. The summed E-state index contributed by atoms with van der Waals surface area (Å²) in [6, 6.07) is 2.17. The summed E-state index contributed by atoms with van der Waals surface area (Å²) in [7, 11) is -3.19. The summed E-state index contributed by atoms with van der Waals surface area (Å²) < 4.78 is 50.5. The molecule has 200 valence electrons. The predicted molar refractivity (Wildman–Crippen MR) is 136 cm³/mol. The molecule has 1 aliphatic carbocycles. The van der Waals surface area contributed by atoms with Gasteiger partial charge in [0.1, 0.15) is 0 Å². The molecule has 2 saturated heterocycles. The zero-order valence-electron chi connectivity index (χ0n) is 20.9. The lowest BCUT2D eigenvalue weighted by Gasteiger charge is -2.33. The number of aromatic nitrogens is 2. The Hall–Kier alpha value is -2.37. The maximum atomic E-state index is 13.2. The summed E-state index contributed by atoms with van der Waals surface area (Å²) in [5.74, 6) is -0.198. The fourth-order valence-corrected chi connectivity index (χ4v) is 6.11. The van der Waals surface area contributed by atoms with Gasteiger partial charge in [-0.1, -0.05) is 13.3 Å². The molecule has 2 atom stereocenters. The summed E-state index contributed by atoms with van der Waals surface area (Å²) >= 11 is 0. The molecular weight excluding hydrogens is 488 g/mol. The molecule has 3 fully saturated rings. The van der Waals surface area contributed by atoms with Crippen LogP contribution in [-0.2, 0) is 23.0 Å². The van der Waals surface area contributed by atoms with Crippen molar-refractivity contribution in [3.63, 3.8) is 0 Å². The predicted octanol–water partition coefficient (Wildman–Crippen LogP) is 3.27. The number of anilines is 1. The maximum Gasteiger partial charge on any atom is 0.225 e. The van der Waals surface area contributed by atoms with E-state index in [1.807, 2.05) is 17.3 Å². The molecule has 1 N–H and O–H groups in total. The van der Waals surface area contributed by atoms with Crippen molar-refractivity contribution >= 4 is 16.0 Å². The highest BCUT2D eigenvalue weighted by molar-refractivity contribution is 7.88. The molecule has 0 radical (unpaired) electrons. The van der Waals surface area contributed by atoms with E-state index in [2.05, 4.69) is 21.8 Å². The fraction of sp³-hybridized carbons (Fsp3) is 0.600. The van der Waals surface area contributed by atoms with Gasteiger partial charge in [0.15, 0.2) is 17.4 Å². The van der Waals surface area contributed by atoms with Gasteiger partial charge in [-0.2, -0.15) is 4.31 Å². The first-order valence-corrected chi connectivity index (χ1v) is 14.4. The zero-order chi connectivity index (χ0) is 25.9. The number of halogens is 2. The molecule has 2 aromatic rings. The molecule has 1 aromatic heterocycles. The highest BCUT2D eigenvalue weighted by atomic mass is 32.2. The fourth-order valence-electron chi connectivity index (χ4n) is 5.28. The van der Waals surface area contributed by atoms with Crippen LogP contribution in [0.15, 0.2) is 24.5 Å². The number of fused-ring (bicyclic) bond motifs is 1. The van der Waals surface area contributed by atoms with E-state index < -0.39 is 27.4 Å². The Morgan fingerprint density at radius 1 is 1.00 bits per heavy atom. The number of sulfonamides is 1. The lowest BCUT2D eigenvalue weighted by Crippen LogP contribution is -2.47. The van der Waals surface area contributed by atoms with E-state index in [0.717, 1.165) is 42.6 Å². The Morgan fingerprint density at radius 2 is 1.56 bits per heavy atom. The molecule has 1 aromatic carbocycles. The average molecular weight is 526 g/mol. The molecule has 0 amide bonds. The van der Waals surface area contributed by atoms with Crippen molar-refractivity contribution in [3.05, 3.63) is 47.3 Å². The van der Waals surface area contributed by atoms with E-state index in [4.69, 9.17) is 5.11 Å². The summed E-state index contributed by atoms with van der Waals surface area (Å²) in [5, 5.41) is 9.02. The highest BCUT2D eigenvalue weighted by Crippen LogP contribution is 2.38. The Bertz CT molecular complexity index is 1110. The van der Waals surface area contributed by atoms with Gasteiger partial charge in [-0.15, -0.1) is 0 Å². The van der Waals surface area contributed by atoms with Crippen LogP contribution in [0.2, 0.25) is 0 Å². The second-order valence-corrected chi connectivity index (χ2v) is 11.9. The van der Waals surface area contributed by atoms with Crippen LogP contribution >= 0.6 is 0 Å². The number of phenols is 1. The van der Waals surface area contributed by atoms with Gasteiger partial charge >= 0.3 is 0 Å². The smallest absolute Gasteiger partial charge is 0.225 e. The second kappa shape index (κ2) is 11.4. The largest absolute Gasteiger partial charge is 0.503 e. The van der Waals surface area contributed by atoms with Gasteiger partial charge in [-0.3, -0.25) is 4.90 Å². The van der Waals surface area contributed by atoms with Gasteiger partial charge < -0.3 is 10.0 Å². The molecule has 0 spiro atoms. The van der Waals surface area contributed by atoms with Gasteiger partial charge in [-0.05, 0) is 54.4 Å². The van der Waals surface area contributed by atoms with Gasteiger partial charge in [-0.25, -0.2) is 27.2 Å². The number of aromatic hydroxyl groups is 1. The number of phenolic OH excluding ortho intramolecular Hbond substituents is 1. The average Bonchev–Trinajstić information content (AvgIpc) is 3.45. The Kier molecular flexibility index (Phi) is 8.41. The van der Waals surface area contributed by atoms with Crippen LogP contribution < -0.4 is 4.90 Å². The monoisotopic (exact) mass is 525 g/mol. The van der Waals surface area contributed by atoms with Crippen LogP contribution in [0.25, 0.3) is 0 Å². The molecule has 11 heteroatoms. The molecule has 8 nitrogen and oxygen atoms in total. The first-order chi connectivity index (χ1) is 17.1. The van der Waals surface area contributed by atoms with Crippen LogP contribution in [0, 0.1) is 23.5 Å². The van der Waals surface area contributed by atoms with Gasteiger partial charge in [0.25, 0.3) is 0 Å². The van der Waals surface area contributed by atoms with Crippen LogP contribution in [0.4, 0.5) is 14.7 Å². The summed E-state index contributed by atoms with van der Waals surface area (Å²) in [5.41, 5.74) is 1.63. The van der Waals surface area contributed by atoms with E-state index >= 15 is 0 Å². The van der Waals surface area contributed by atoms with Crippen LogP contribution in [0.5, 0.6) is 5.75 Å². The third-order valence-corrected chi connectivity index (χ3v) is 8.70. The van der Waals surface area contributed by atoms with E-state index in [-0.39, 0.29) is 1.43 Å². The Balaban J connectivity index is 0.000000204. The lowest BCUT2D eigenvalue weighted by molar-refractivity contribution is 0.181. The van der Waals surface area contributed by atoms with E-state index in [1.54, 1.807) is 0 Å². The quantitative estimate of drug-likeness (QED) is 0.641. The first-order valence-electron chi connectivity index (χ1n) is 12.5. The summed E-state index contributed by atoms with van der Waals surface area (Å²) in [4.78, 5) is 13.2. The molecule has 1 saturated carbocycles. The van der Waals surface area contributed by atoms with Gasteiger partial charge in [0.2, 0.25) is 16.0 Å². The van der Waals surface area contributed by atoms with Gasteiger partial charge in [0.05, 0.1) is 6.26 Å². The minimum absolute atomic E-state index is 0. The number of piperazine rings is 1. The van der Waals surface area contributed by atoms with Crippen molar-refractivity contribution in [2.24, 2.45) is 11.8 Å². The molecule has 1 unspecified atom stereocenters. The third kappa shape index (κ3) is 6.49. The normalized spacial score (nSPS) is 22.8. The minimum Gasteiger partial charge on any atom is -0.503 e. The summed E-state index contributed by atoms with van der Waals surface area (Å²) in [6.45, 7) is 6.52. The van der Waals surface area contributed by atoms with Crippen molar-refractivity contribution in [1.29, 1.82) is 0 Å². The molecule has 3 heterocycles. The van der Waals surface area contributed by atoms with E-state index in [9.17, 15) is 17.2 Å². The minimum atomic E-state index is -3.19. The molecule has 36 heavy (non-hydrogen) atoms. The lowest BCUT2D eigenvalue weighted by atomic mass is 10.0. The third-order valence-electron chi connectivity index (χ3n) is 7.39. The number of benzene rings is 1. The molecule has 5 rings (SSSR count). The van der Waals surface area contributed by atoms with Gasteiger partial charge in [0, 0.05) is 59.6 Å². The zero-order valence-corrected chi connectivity index (χ0v) is 21.7. The van der Waals surface area contributed by atoms with Crippen LogP contribution in [-0.4, -0.2) is 78.2 Å². The number of rotatable bonds is 5. The van der Waals surface area contributed by atoms with Crippen molar-refractivity contribution in [2.45, 2.75) is 39.2 Å². The molecule has 3 aliphatic rings. The van der Waals surface area contributed by atoms with E-state index in [1.165, 1.54) is 42.2 Å². The summed E-state index contributed by atoms with van der Waals surface area (Å²) in [6.07, 6.45) is 10.4. The topological polar surface area (TPSA) is 89.9 Å². The molecular formula is C25H37F2N5O3S. The Labute approximate surface area is 213 Å². The maximum absolute atomic E-state index is 13.2. The molecule has 2 aliphatic heterocycles. The van der Waals surface area contributed by atoms with E-state index in [0.29, 0.717) is 38.3 Å². The highest BCUT2D eigenvalue weighted by Gasteiger charge is 2.36. The van der Waals surface area contributed by atoms with Crippen molar-refractivity contribution in [2.75, 3.05) is 50.4 Å². The number of hydrogen-bond donors (Lipinski definition) is 1. The molecule has 0 bridgehead atoms. The van der Waals surface area contributed by atoms with Crippen LogP contribution in [0.1, 0.15) is 38.7 Å². The Morgan fingerprint density at radius 3 is 2.06 bits per heavy atom. The first kappa shape index (κ1) is 26.7. The van der Waals surface area contributed by atoms with Crippen molar-refractivity contribution in [1.82, 2.24) is 19.2 Å². The van der Waals surface area contributed by atoms with Crippen LogP contribution in [0.3, 0.4) is 0 Å². The second-order valence-electron chi connectivity index (χ2n) is 9.95. The van der Waals surface area contributed by atoms with Crippen molar-refractivity contribution in [3.8, 4) is 5.75 Å². The standard InChI is InChI=1S/C13H19N3.C12H16F2N2O3S.H2/c1-2-10-6-14-13(15-7-10)16-8-11-4-3-5-12(11)9-16;1-20(18,19)16-4-2-15(3-5-16)8-9-6-10(13)12(17)11(14)7-9;/h6-7,11-12H,2-5,8-9H2,1H3;6-7,17H,2-5,8H2,1H3;1H/t11-,12?;;/m0../s1. The SMILES string of the molecule is CCc1cnc(N2CC3CCC[C@H]3C2)nc1.CS(=O)(=O)N1CCN(Cc2cc(F)c(O)c(F)c2)CC1.[HH]. The number of aryl methyl sites for hydroxylation is 1.